The van der Waals surface area contributed by atoms with Crippen LogP contribution in [-0.2, 0) is 0 Å². The van der Waals surface area contributed by atoms with Crippen LogP contribution in [0.2, 0.25) is 0 Å². The zero-order valence-corrected chi connectivity index (χ0v) is 25.8. The van der Waals surface area contributed by atoms with E-state index in [2.05, 4.69) is 132 Å². The Labute approximate surface area is 271 Å². The summed E-state index contributed by atoms with van der Waals surface area (Å²) in [5, 5.41) is 10.3. The lowest BCUT2D eigenvalue weighted by Crippen LogP contribution is -2.04. The van der Waals surface area contributed by atoms with Crippen molar-refractivity contribution >= 4 is 96.9 Å². The fourth-order valence-corrected chi connectivity index (χ4v) is 8.84. The standard InChI is InChI=1S/C42H23N3OS/c1-2-13-25(14-3-1)35-34-29-18-8-6-16-27(29)28-17-7-9-19-30(28)36(34)44-42(43-35)45-37-26-15-5-4-12-24(26)22-23-32(37)40-38(45)39-41(47-40)31-20-10-11-21-33(31)46-39/h1-23H. The Morgan fingerprint density at radius 3 is 1.98 bits per heavy atom. The smallest absolute Gasteiger partial charge is 0.236 e. The van der Waals surface area contributed by atoms with Crippen molar-refractivity contribution in [2.45, 2.75) is 0 Å². The molecule has 4 aromatic heterocycles. The first-order valence-electron chi connectivity index (χ1n) is 15.8. The van der Waals surface area contributed by atoms with E-state index in [9.17, 15) is 0 Å². The molecule has 0 aliphatic carbocycles. The molecule has 0 bridgehead atoms. The molecule has 0 aliphatic rings. The van der Waals surface area contributed by atoms with Gasteiger partial charge in [0.15, 0.2) is 5.58 Å². The summed E-state index contributed by atoms with van der Waals surface area (Å²) in [6.45, 7) is 0. The van der Waals surface area contributed by atoms with Crippen molar-refractivity contribution in [1.29, 1.82) is 0 Å². The maximum atomic E-state index is 6.67. The molecule has 47 heavy (non-hydrogen) atoms. The van der Waals surface area contributed by atoms with Crippen molar-refractivity contribution in [3.05, 3.63) is 140 Å². The normalized spacial score (nSPS) is 12.3. The molecule has 218 valence electrons. The Kier molecular flexibility index (Phi) is 4.96. The zero-order valence-electron chi connectivity index (χ0n) is 24.9. The highest BCUT2D eigenvalue weighted by Gasteiger charge is 2.26. The first-order chi connectivity index (χ1) is 23.3. The molecule has 4 nitrogen and oxygen atoms in total. The minimum atomic E-state index is 0.633. The van der Waals surface area contributed by atoms with Crippen LogP contribution >= 0.6 is 11.3 Å². The number of fused-ring (bicyclic) bond motifs is 15. The van der Waals surface area contributed by atoms with E-state index >= 15 is 0 Å². The molecule has 4 heterocycles. The summed E-state index contributed by atoms with van der Waals surface area (Å²) in [4.78, 5) is 11.1. The predicted molar refractivity (Wildman–Crippen MR) is 197 cm³/mol. The lowest BCUT2D eigenvalue weighted by molar-refractivity contribution is 0.671. The van der Waals surface area contributed by atoms with Gasteiger partial charge in [-0.05, 0) is 33.7 Å². The third-order valence-corrected chi connectivity index (χ3v) is 10.8. The molecule has 11 rings (SSSR count). The average molecular weight is 618 g/mol. The maximum absolute atomic E-state index is 6.67. The van der Waals surface area contributed by atoms with Crippen LogP contribution in [0.15, 0.2) is 144 Å². The number of hydrogen-bond acceptors (Lipinski definition) is 4. The highest BCUT2D eigenvalue weighted by molar-refractivity contribution is 7.27. The van der Waals surface area contributed by atoms with Gasteiger partial charge in [-0.1, -0.05) is 127 Å². The quantitative estimate of drug-likeness (QED) is 0.181. The Morgan fingerprint density at radius 1 is 0.489 bits per heavy atom. The maximum Gasteiger partial charge on any atom is 0.236 e. The van der Waals surface area contributed by atoms with Gasteiger partial charge in [0.2, 0.25) is 5.95 Å². The van der Waals surface area contributed by atoms with Crippen molar-refractivity contribution in [2.75, 3.05) is 0 Å². The van der Waals surface area contributed by atoms with E-state index in [0.29, 0.717) is 5.95 Å². The molecule has 0 spiro atoms. The van der Waals surface area contributed by atoms with E-state index < -0.39 is 0 Å². The van der Waals surface area contributed by atoms with Crippen LogP contribution in [0.4, 0.5) is 0 Å². The fourth-order valence-electron chi connectivity index (χ4n) is 7.57. The van der Waals surface area contributed by atoms with Gasteiger partial charge < -0.3 is 4.42 Å². The van der Waals surface area contributed by atoms with Crippen molar-refractivity contribution in [3.63, 3.8) is 0 Å². The van der Waals surface area contributed by atoms with Gasteiger partial charge in [-0.25, -0.2) is 9.97 Å². The summed E-state index contributed by atoms with van der Waals surface area (Å²) in [6.07, 6.45) is 0. The van der Waals surface area contributed by atoms with Crippen LogP contribution in [0.25, 0.3) is 103 Å². The van der Waals surface area contributed by atoms with Gasteiger partial charge >= 0.3 is 0 Å². The van der Waals surface area contributed by atoms with Crippen LogP contribution in [0.5, 0.6) is 0 Å². The lowest BCUT2D eigenvalue weighted by Gasteiger charge is -2.16. The predicted octanol–water partition coefficient (Wildman–Crippen LogP) is 11.8. The summed E-state index contributed by atoms with van der Waals surface area (Å²) in [7, 11) is 0. The monoisotopic (exact) mass is 617 g/mol. The molecule has 0 radical (unpaired) electrons. The molecule has 0 amide bonds. The second-order valence-corrected chi connectivity index (χ2v) is 13.1. The average Bonchev–Trinajstić information content (AvgIpc) is 3.79. The van der Waals surface area contributed by atoms with Gasteiger partial charge in [-0.15, -0.1) is 11.3 Å². The second-order valence-electron chi connectivity index (χ2n) is 12.1. The third kappa shape index (κ3) is 3.36. The molecule has 0 N–H and O–H groups in total. The lowest BCUT2D eigenvalue weighted by atomic mass is 9.94. The summed E-state index contributed by atoms with van der Waals surface area (Å²) in [5.41, 5.74) is 6.77. The summed E-state index contributed by atoms with van der Waals surface area (Å²) >= 11 is 1.79. The first-order valence-corrected chi connectivity index (χ1v) is 16.6. The topological polar surface area (TPSA) is 43.9 Å². The van der Waals surface area contributed by atoms with Crippen molar-refractivity contribution in [1.82, 2.24) is 14.5 Å². The third-order valence-electron chi connectivity index (χ3n) is 9.59. The molecular weight excluding hydrogens is 595 g/mol. The second kappa shape index (κ2) is 9.25. The largest absolute Gasteiger partial charge is 0.453 e. The highest BCUT2D eigenvalue weighted by Crippen LogP contribution is 2.48. The van der Waals surface area contributed by atoms with Gasteiger partial charge in [0, 0.05) is 32.5 Å². The SMILES string of the molecule is c1ccc(-c2nc(-n3c4c5ccccc5ccc4c4sc5c6ccccc6oc5c43)nc3c4ccccc4c4ccccc4c23)cc1. The highest BCUT2D eigenvalue weighted by atomic mass is 32.1. The summed E-state index contributed by atoms with van der Waals surface area (Å²) < 4.78 is 11.3. The molecule has 0 aliphatic heterocycles. The van der Waals surface area contributed by atoms with Gasteiger partial charge in [-0.3, -0.25) is 4.57 Å². The molecule has 0 atom stereocenters. The van der Waals surface area contributed by atoms with Gasteiger partial charge in [0.05, 0.1) is 26.1 Å². The number of nitrogens with zero attached hydrogens (tertiary/aromatic N) is 3. The molecule has 0 fully saturated rings. The van der Waals surface area contributed by atoms with Gasteiger partial charge in [0.1, 0.15) is 11.1 Å². The number of furan rings is 1. The van der Waals surface area contributed by atoms with Crippen LogP contribution in [0.1, 0.15) is 0 Å². The molecule has 0 saturated carbocycles. The van der Waals surface area contributed by atoms with Crippen LogP contribution < -0.4 is 0 Å². The van der Waals surface area contributed by atoms with Gasteiger partial charge in [-0.2, -0.15) is 0 Å². The minimum Gasteiger partial charge on any atom is -0.453 e. The van der Waals surface area contributed by atoms with E-state index in [-0.39, 0.29) is 0 Å². The molecule has 11 aromatic rings. The Bertz CT molecular complexity index is 3080. The summed E-state index contributed by atoms with van der Waals surface area (Å²) in [5.74, 6) is 0.633. The van der Waals surface area contributed by atoms with E-state index in [4.69, 9.17) is 14.4 Å². The number of hydrogen-bond donors (Lipinski definition) is 0. The fraction of sp³-hybridized carbons (Fsp3) is 0. The zero-order chi connectivity index (χ0) is 30.6. The molecule has 5 heteroatoms. The Morgan fingerprint density at radius 2 is 1.15 bits per heavy atom. The van der Waals surface area contributed by atoms with E-state index in [1.165, 1.54) is 26.2 Å². The van der Waals surface area contributed by atoms with Crippen molar-refractivity contribution < 1.29 is 4.42 Å². The first kappa shape index (κ1) is 25.2. The van der Waals surface area contributed by atoms with Crippen LogP contribution in [0.3, 0.4) is 0 Å². The van der Waals surface area contributed by atoms with E-state index in [1.807, 2.05) is 12.1 Å². The van der Waals surface area contributed by atoms with E-state index in [1.54, 1.807) is 11.3 Å². The number of benzene rings is 7. The molecule has 7 aromatic carbocycles. The number of thiophene rings is 1. The molecular formula is C42H23N3OS. The molecule has 0 unspecified atom stereocenters. The Hall–Kier alpha value is -6.04. The number of rotatable bonds is 2. The summed E-state index contributed by atoms with van der Waals surface area (Å²) in [6, 6.07) is 49.1. The van der Waals surface area contributed by atoms with Gasteiger partial charge in [0.25, 0.3) is 0 Å². The number of aromatic nitrogens is 3. The van der Waals surface area contributed by atoms with E-state index in [0.717, 1.165) is 70.6 Å². The number of para-hydroxylation sites is 1. The van der Waals surface area contributed by atoms with Crippen LogP contribution in [-0.4, -0.2) is 14.5 Å². The van der Waals surface area contributed by atoms with Crippen LogP contribution in [0, 0.1) is 0 Å². The Balaban J connectivity index is 1.40. The minimum absolute atomic E-state index is 0.633. The molecule has 0 saturated heterocycles. The van der Waals surface area contributed by atoms with Crippen molar-refractivity contribution in [2.24, 2.45) is 0 Å². The van der Waals surface area contributed by atoms with Crippen molar-refractivity contribution in [3.8, 4) is 17.2 Å².